The number of urea groups is 1. The van der Waals surface area contributed by atoms with E-state index in [4.69, 9.17) is 22.1 Å². The number of carbonyl (C=O) groups excluding carboxylic acids is 2. The van der Waals surface area contributed by atoms with Gasteiger partial charge >= 0.3 is 12.0 Å². The molecule has 1 aromatic rings. The lowest BCUT2D eigenvalue weighted by Crippen LogP contribution is -2.44. The molecule has 9 heteroatoms. The largest absolute Gasteiger partial charge is 0.462 e. The molecule has 1 aromatic carbocycles. The van der Waals surface area contributed by atoms with Gasteiger partial charge in [-0.25, -0.2) is 9.59 Å². The Morgan fingerprint density at radius 2 is 1.87 bits per heavy atom. The number of carbonyl (C=O) groups is 2. The van der Waals surface area contributed by atoms with E-state index in [1.807, 2.05) is 0 Å². The highest BCUT2D eigenvalue weighted by Crippen LogP contribution is 2.23. The fraction of sp³-hybridized carbons (Fsp3) is 0.619. The van der Waals surface area contributed by atoms with Gasteiger partial charge < -0.3 is 15.8 Å². The van der Waals surface area contributed by atoms with Crippen LogP contribution in [0.2, 0.25) is 0 Å². The average molecular weight is 441 g/mol. The topological polar surface area (TPSA) is 114 Å². The van der Waals surface area contributed by atoms with Crippen molar-refractivity contribution in [1.29, 1.82) is 0 Å². The molecule has 0 aliphatic heterocycles. The number of unbranched alkanes of at least 4 members (excludes halogenated alkanes) is 1. The molecule has 0 bridgehead atoms. The second-order valence-corrected chi connectivity index (χ2v) is 7.79. The fourth-order valence-electron chi connectivity index (χ4n) is 2.92. The van der Waals surface area contributed by atoms with E-state index in [0.717, 1.165) is 49.5 Å². The normalized spacial score (nSPS) is 17.8. The van der Waals surface area contributed by atoms with Crippen LogP contribution in [-0.4, -0.2) is 42.1 Å². The van der Waals surface area contributed by atoms with Crippen LogP contribution in [0.25, 0.3) is 0 Å². The molecule has 1 fully saturated rings. The van der Waals surface area contributed by atoms with Crippen molar-refractivity contribution in [3.63, 3.8) is 0 Å². The highest BCUT2D eigenvalue weighted by molar-refractivity contribution is 6.18. The van der Waals surface area contributed by atoms with E-state index in [1.165, 1.54) is 0 Å². The SMILES string of the molecule is CC1CCC(NC(=O)N(CCCl)N=O)CC1.CCCCOC(=O)c1ccc(N)cc1. The molecule has 1 aliphatic rings. The van der Waals surface area contributed by atoms with Crippen molar-refractivity contribution in [2.24, 2.45) is 11.2 Å². The van der Waals surface area contributed by atoms with E-state index in [-0.39, 0.29) is 24.4 Å². The summed E-state index contributed by atoms with van der Waals surface area (Å²) in [7, 11) is 0. The standard InChI is InChI=1S/C11H15NO2.C10H18ClN3O2/c1-2-3-8-14-11(13)9-4-6-10(12)7-5-9;1-8-2-4-9(5-3-8)12-10(15)14(13-16)7-6-11/h4-7H,2-3,8,12H2,1H3;8-9H,2-7H2,1H3,(H,12,15). The molecule has 0 heterocycles. The van der Waals surface area contributed by atoms with Crippen molar-refractivity contribution in [2.75, 3.05) is 24.8 Å². The Morgan fingerprint density at radius 1 is 1.23 bits per heavy atom. The summed E-state index contributed by atoms with van der Waals surface area (Å²) in [5.41, 5.74) is 6.70. The molecule has 3 N–H and O–H groups in total. The van der Waals surface area contributed by atoms with Gasteiger partial charge in [0, 0.05) is 17.6 Å². The maximum atomic E-state index is 11.6. The number of halogens is 1. The summed E-state index contributed by atoms with van der Waals surface area (Å²) < 4.78 is 5.03. The van der Waals surface area contributed by atoms with Crippen LogP contribution in [0.5, 0.6) is 0 Å². The minimum atomic E-state index is -0.435. The summed E-state index contributed by atoms with van der Waals surface area (Å²) in [5, 5.41) is 6.29. The van der Waals surface area contributed by atoms with E-state index in [9.17, 15) is 14.5 Å². The predicted molar refractivity (Wildman–Crippen MR) is 119 cm³/mol. The lowest BCUT2D eigenvalue weighted by Gasteiger charge is -2.27. The minimum absolute atomic E-state index is 0.153. The quantitative estimate of drug-likeness (QED) is 0.151. The third-order valence-electron chi connectivity index (χ3n) is 4.85. The Hall–Kier alpha value is -2.35. The molecule has 0 aromatic heterocycles. The molecule has 0 unspecified atom stereocenters. The smallest absolute Gasteiger partial charge is 0.340 e. The van der Waals surface area contributed by atoms with Crippen LogP contribution in [0.4, 0.5) is 10.5 Å². The lowest BCUT2D eigenvalue weighted by molar-refractivity contribution is 0.0499. The zero-order valence-corrected chi connectivity index (χ0v) is 18.6. The van der Waals surface area contributed by atoms with E-state index in [2.05, 4.69) is 24.5 Å². The molecule has 1 saturated carbocycles. The number of amides is 2. The zero-order valence-electron chi connectivity index (χ0n) is 17.8. The molecule has 30 heavy (non-hydrogen) atoms. The van der Waals surface area contributed by atoms with E-state index in [1.54, 1.807) is 24.3 Å². The van der Waals surface area contributed by atoms with Crippen molar-refractivity contribution in [3.8, 4) is 0 Å². The number of rotatable bonds is 8. The number of nitrogens with two attached hydrogens (primary N) is 1. The van der Waals surface area contributed by atoms with Crippen LogP contribution >= 0.6 is 11.6 Å². The van der Waals surface area contributed by atoms with Crippen molar-refractivity contribution in [3.05, 3.63) is 34.7 Å². The summed E-state index contributed by atoms with van der Waals surface area (Å²) in [6.07, 6.45) is 6.11. The van der Waals surface area contributed by atoms with Gasteiger partial charge in [-0.2, -0.15) is 5.01 Å². The first-order chi connectivity index (χ1) is 14.4. The Morgan fingerprint density at radius 3 is 2.40 bits per heavy atom. The van der Waals surface area contributed by atoms with E-state index >= 15 is 0 Å². The second kappa shape index (κ2) is 14.6. The number of benzene rings is 1. The van der Waals surface area contributed by atoms with Crippen molar-refractivity contribution >= 4 is 29.3 Å². The highest BCUT2D eigenvalue weighted by Gasteiger charge is 2.22. The monoisotopic (exact) mass is 440 g/mol. The van der Waals surface area contributed by atoms with Gasteiger partial charge in [0.05, 0.1) is 24.0 Å². The fourth-order valence-corrected chi connectivity index (χ4v) is 3.08. The number of anilines is 1. The Balaban J connectivity index is 0.000000303. The summed E-state index contributed by atoms with van der Waals surface area (Å²) in [5.74, 6) is 0.663. The molecule has 0 atom stereocenters. The Labute approximate surface area is 183 Å². The van der Waals surface area contributed by atoms with Crippen molar-refractivity contribution in [1.82, 2.24) is 10.3 Å². The van der Waals surface area contributed by atoms with Gasteiger partial charge in [-0.1, -0.05) is 20.3 Å². The third kappa shape index (κ3) is 9.91. The number of nitrogens with zero attached hydrogens (tertiary/aromatic N) is 2. The predicted octanol–water partition coefficient (Wildman–Crippen LogP) is 4.72. The summed E-state index contributed by atoms with van der Waals surface area (Å²) in [6, 6.07) is 6.46. The van der Waals surface area contributed by atoms with Crippen LogP contribution in [-0.2, 0) is 4.74 Å². The second-order valence-electron chi connectivity index (χ2n) is 7.41. The Kier molecular flexibility index (Phi) is 12.5. The van der Waals surface area contributed by atoms with Gasteiger partial charge in [0.25, 0.3) is 0 Å². The highest BCUT2D eigenvalue weighted by atomic mass is 35.5. The summed E-state index contributed by atoms with van der Waals surface area (Å²) in [6.45, 7) is 4.90. The van der Waals surface area contributed by atoms with Crippen molar-refractivity contribution in [2.45, 2.75) is 58.4 Å². The molecule has 8 nitrogen and oxygen atoms in total. The number of alkyl halides is 1. The lowest BCUT2D eigenvalue weighted by atomic mass is 9.87. The molecule has 2 amide bonds. The van der Waals surface area contributed by atoms with Crippen molar-refractivity contribution < 1.29 is 14.3 Å². The van der Waals surface area contributed by atoms with E-state index < -0.39 is 6.03 Å². The zero-order chi connectivity index (χ0) is 22.4. The molecule has 2 rings (SSSR count). The van der Waals surface area contributed by atoms with Gasteiger partial charge in [0.15, 0.2) is 0 Å². The first-order valence-electron chi connectivity index (χ1n) is 10.4. The maximum absolute atomic E-state index is 11.6. The molecule has 1 aliphatic carbocycles. The maximum Gasteiger partial charge on any atom is 0.340 e. The molecular formula is C21H33ClN4O4. The minimum Gasteiger partial charge on any atom is -0.462 e. The van der Waals surface area contributed by atoms with Gasteiger partial charge in [0.2, 0.25) is 0 Å². The number of hydrogen-bond acceptors (Lipinski definition) is 6. The number of hydrogen-bond donors (Lipinski definition) is 2. The number of nitroso groups, excluding NO2 is 1. The number of nitrogens with one attached hydrogen (secondary N) is 1. The van der Waals surface area contributed by atoms with Crippen LogP contribution in [0.1, 0.15) is 62.7 Å². The Bertz CT molecular complexity index is 649. The average Bonchev–Trinajstić information content (AvgIpc) is 2.74. The van der Waals surface area contributed by atoms with E-state index in [0.29, 0.717) is 17.9 Å². The number of ether oxygens (including phenoxy) is 1. The van der Waals surface area contributed by atoms with Crippen LogP contribution in [0.3, 0.4) is 0 Å². The molecule has 168 valence electrons. The van der Waals surface area contributed by atoms with Crippen LogP contribution in [0.15, 0.2) is 29.6 Å². The summed E-state index contributed by atoms with van der Waals surface area (Å²) >= 11 is 5.46. The molecule has 0 saturated heterocycles. The summed E-state index contributed by atoms with van der Waals surface area (Å²) in [4.78, 5) is 33.3. The first kappa shape index (κ1) is 25.7. The molecule has 0 radical (unpaired) electrons. The van der Waals surface area contributed by atoms with Gasteiger partial charge in [0.1, 0.15) is 0 Å². The number of esters is 1. The third-order valence-corrected chi connectivity index (χ3v) is 5.02. The van der Waals surface area contributed by atoms with Gasteiger partial charge in [-0.15, -0.1) is 16.5 Å². The first-order valence-corrected chi connectivity index (χ1v) is 10.9. The van der Waals surface area contributed by atoms with Gasteiger partial charge in [-0.05, 0) is 62.3 Å². The van der Waals surface area contributed by atoms with Gasteiger partial charge in [-0.3, -0.25) is 0 Å². The van der Waals surface area contributed by atoms with Crippen LogP contribution in [0, 0.1) is 10.8 Å². The molecule has 0 spiro atoms. The number of nitrogen functional groups attached to an aromatic ring is 1. The molecular weight excluding hydrogens is 408 g/mol. The van der Waals surface area contributed by atoms with Crippen LogP contribution < -0.4 is 11.1 Å².